The first-order chi connectivity index (χ1) is 16.3. The molecule has 1 N–H and O–H groups in total. The fraction of sp³-hybridized carbons (Fsp3) is 0.292. The summed E-state index contributed by atoms with van der Waals surface area (Å²) in [6.45, 7) is 4.50. The number of barbiturate groups is 1. The summed E-state index contributed by atoms with van der Waals surface area (Å²) in [5.41, 5.74) is 0.693. The summed E-state index contributed by atoms with van der Waals surface area (Å²) in [5, 5.41) is 2.73. The van der Waals surface area contributed by atoms with Crippen molar-refractivity contribution in [2.24, 2.45) is 0 Å². The number of rotatable bonds is 9. The molecule has 0 aromatic heterocycles. The van der Waals surface area contributed by atoms with Gasteiger partial charge in [-0.05, 0) is 49.2 Å². The van der Waals surface area contributed by atoms with E-state index >= 15 is 0 Å². The fourth-order valence-corrected chi connectivity index (χ4v) is 3.87. The summed E-state index contributed by atoms with van der Waals surface area (Å²) in [7, 11) is 1.50. The van der Waals surface area contributed by atoms with Gasteiger partial charge in [0.15, 0.2) is 11.5 Å². The predicted octanol–water partition coefficient (Wildman–Crippen LogP) is 4.85. The number of ether oxygens (including phenoxy) is 3. The van der Waals surface area contributed by atoms with Crippen molar-refractivity contribution < 1.29 is 28.6 Å². The van der Waals surface area contributed by atoms with E-state index in [1.807, 2.05) is 6.92 Å². The third-order valence-corrected chi connectivity index (χ3v) is 5.34. The highest BCUT2D eigenvalue weighted by Gasteiger charge is 2.36. The third kappa shape index (κ3) is 5.63. The molecule has 3 rings (SSSR count). The molecule has 0 spiro atoms. The SMILES string of the molecule is CCCOc1ccc(CN2C(=O)NC(=O)/C(=C\c3cc(Cl)cc(Cl)c3OCC)C2=O)cc1OC. The quantitative estimate of drug-likeness (QED) is 0.385. The van der Waals surface area contributed by atoms with Gasteiger partial charge in [-0.3, -0.25) is 19.8 Å². The summed E-state index contributed by atoms with van der Waals surface area (Å²) in [6.07, 6.45) is 2.14. The van der Waals surface area contributed by atoms with Crippen molar-refractivity contribution in [3.05, 3.63) is 57.1 Å². The van der Waals surface area contributed by atoms with Crippen molar-refractivity contribution in [2.75, 3.05) is 20.3 Å². The maximum Gasteiger partial charge on any atom is 0.331 e. The molecule has 180 valence electrons. The number of hydrogen-bond donors (Lipinski definition) is 1. The molecule has 0 aliphatic carbocycles. The average Bonchev–Trinajstić information content (AvgIpc) is 2.80. The number of imide groups is 2. The molecule has 0 atom stereocenters. The Labute approximate surface area is 207 Å². The van der Waals surface area contributed by atoms with Crippen molar-refractivity contribution in [1.29, 1.82) is 0 Å². The largest absolute Gasteiger partial charge is 0.493 e. The van der Waals surface area contributed by atoms with Crippen LogP contribution in [0.3, 0.4) is 0 Å². The zero-order valence-electron chi connectivity index (χ0n) is 18.9. The van der Waals surface area contributed by atoms with Crippen molar-refractivity contribution in [3.63, 3.8) is 0 Å². The predicted molar refractivity (Wildman–Crippen MR) is 128 cm³/mol. The molecule has 0 saturated carbocycles. The van der Waals surface area contributed by atoms with Crippen LogP contribution in [0.25, 0.3) is 6.08 Å². The number of urea groups is 1. The van der Waals surface area contributed by atoms with Gasteiger partial charge in [0.1, 0.15) is 11.3 Å². The zero-order valence-corrected chi connectivity index (χ0v) is 20.5. The second kappa shape index (κ2) is 11.3. The number of carbonyl (C=O) groups excluding carboxylic acids is 3. The Balaban J connectivity index is 1.93. The van der Waals surface area contributed by atoms with Gasteiger partial charge in [0.2, 0.25) is 0 Å². The summed E-state index contributed by atoms with van der Waals surface area (Å²) in [4.78, 5) is 39.1. The minimum Gasteiger partial charge on any atom is -0.493 e. The molecule has 4 amide bonds. The van der Waals surface area contributed by atoms with E-state index in [-0.39, 0.29) is 22.9 Å². The van der Waals surface area contributed by atoms with Crippen LogP contribution in [-0.2, 0) is 16.1 Å². The molecular formula is C24H24Cl2N2O6. The van der Waals surface area contributed by atoms with E-state index in [9.17, 15) is 14.4 Å². The second-order valence-electron chi connectivity index (χ2n) is 7.28. The first kappa shape index (κ1) is 25.4. The Bertz CT molecular complexity index is 1150. The maximum absolute atomic E-state index is 13.2. The Morgan fingerprint density at radius 3 is 2.47 bits per heavy atom. The number of halogens is 2. The Morgan fingerprint density at radius 1 is 1.03 bits per heavy atom. The molecular weight excluding hydrogens is 483 g/mol. The number of nitrogens with one attached hydrogen (secondary N) is 1. The Morgan fingerprint density at radius 2 is 1.79 bits per heavy atom. The lowest BCUT2D eigenvalue weighted by Crippen LogP contribution is -2.53. The summed E-state index contributed by atoms with van der Waals surface area (Å²) in [6, 6.07) is 7.29. The van der Waals surface area contributed by atoms with E-state index in [4.69, 9.17) is 37.4 Å². The van der Waals surface area contributed by atoms with Crippen molar-refractivity contribution in [3.8, 4) is 17.2 Å². The van der Waals surface area contributed by atoms with Gasteiger partial charge < -0.3 is 14.2 Å². The van der Waals surface area contributed by atoms with Gasteiger partial charge in [-0.2, -0.15) is 0 Å². The molecule has 1 heterocycles. The van der Waals surface area contributed by atoms with Gasteiger partial charge >= 0.3 is 6.03 Å². The monoisotopic (exact) mass is 506 g/mol. The van der Waals surface area contributed by atoms with Gasteiger partial charge in [0.05, 0.1) is 31.9 Å². The molecule has 0 unspecified atom stereocenters. The minimum atomic E-state index is -0.828. The molecule has 2 aromatic rings. The van der Waals surface area contributed by atoms with Crippen LogP contribution in [0.4, 0.5) is 4.79 Å². The minimum absolute atomic E-state index is 0.0890. The van der Waals surface area contributed by atoms with Crippen molar-refractivity contribution in [2.45, 2.75) is 26.8 Å². The van der Waals surface area contributed by atoms with E-state index < -0.39 is 17.8 Å². The van der Waals surface area contributed by atoms with Gasteiger partial charge in [-0.25, -0.2) is 4.79 Å². The van der Waals surface area contributed by atoms with Gasteiger partial charge in [-0.1, -0.05) is 36.2 Å². The smallest absolute Gasteiger partial charge is 0.331 e. The topological polar surface area (TPSA) is 94.2 Å². The van der Waals surface area contributed by atoms with Crippen LogP contribution < -0.4 is 19.5 Å². The highest BCUT2D eigenvalue weighted by Crippen LogP contribution is 2.35. The number of hydrogen-bond acceptors (Lipinski definition) is 6. The molecule has 34 heavy (non-hydrogen) atoms. The van der Waals surface area contributed by atoms with Crippen LogP contribution >= 0.6 is 23.2 Å². The van der Waals surface area contributed by atoms with Crippen molar-refractivity contribution >= 4 is 47.1 Å². The van der Waals surface area contributed by atoms with E-state index in [1.54, 1.807) is 25.1 Å². The molecule has 8 nitrogen and oxygen atoms in total. The lowest BCUT2D eigenvalue weighted by atomic mass is 10.1. The van der Waals surface area contributed by atoms with E-state index in [2.05, 4.69) is 5.32 Å². The number of amides is 4. The highest BCUT2D eigenvalue weighted by molar-refractivity contribution is 6.36. The zero-order chi connectivity index (χ0) is 24.8. The Kier molecular flexibility index (Phi) is 8.41. The van der Waals surface area contributed by atoms with Crippen LogP contribution in [0.1, 0.15) is 31.4 Å². The van der Waals surface area contributed by atoms with Gasteiger partial charge in [-0.15, -0.1) is 0 Å². The van der Waals surface area contributed by atoms with E-state index in [0.717, 1.165) is 11.3 Å². The van der Waals surface area contributed by atoms with Crippen LogP contribution in [0.2, 0.25) is 10.0 Å². The van der Waals surface area contributed by atoms with Crippen LogP contribution in [0.15, 0.2) is 35.9 Å². The lowest BCUT2D eigenvalue weighted by molar-refractivity contribution is -0.130. The molecule has 1 fully saturated rings. The number of nitrogens with zero attached hydrogens (tertiary/aromatic N) is 1. The highest BCUT2D eigenvalue weighted by atomic mass is 35.5. The summed E-state index contributed by atoms with van der Waals surface area (Å²) in [5.74, 6) is -0.294. The third-order valence-electron chi connectivity index (χ3n) is 4.84. The fourth-order valence-electron chi connectivity index (χ4n) is 3.30. The van der Waals surface area contributed by atoms with Crippen LogP contribution in [0, 0.1) is 0 Å². The molecule has 0 radical (unpaired) electrons. The molecule has 1 aliphatic heterocycles. The Hall–Kier alpha value is -3.23. The average molecular weight is 507 g/mol. The number of methoxy groups -OCH3 is 1. The molecule has 10 heteroatoms. The normalized spacial score (nSPS) is 14.9. The molecule has 1 saturated heterocycles. The second-order valence-corrected chi connectivity index (χ2v) is 8.12. The van der Waals surface area contributed by atoms with Gasteiger partial charge in [0.25, 0.3) is 11.8 Å². The molecule has 2 aromatic carbocycles. The van der Waals surface area contributed by atoms with E-state index in [1.165, 1.54) is 25.3 Å². The molecule has 0 bridgehead atoms. The molecule has 1 aliphatic rings. The van der Waals surface area contributed by atoms with Gasteiger partial charge in [0, 0.05) is 10.6 Å². The standard InChI is InChI=1S/C24H24Cl2N2O6/c1-4-8-34-19-7-6-14(9-20(19)32-3)13-28-23(30)17(22(29)27-24(28)31)11-15-10-16(25)12-18(26)21(15)33-5-2/h6-7,9-12H,4-5,8,13H2,1-3H3,(H,27,29,31)/b17-11+. The van der Waals surface area contributed by atoms with Crippen LogP contribution in [-0.4, -0.2) is 43.1 Å². The first-order valence-electron chi connectivity index (χ1n) is 10.6. The van der Waals surface area contributed by atoms with E-state index in [0.29, 0.717) is 40.9 Å². The maximum atomic E-state index is 13.2. The summed E-state index contributed by atoms with van der Waals surface area (Å²) >= 11 is 12.3. The van der Waals surface area contributed by atoms with Crippen LogP contribution in [0.5, 0.6) is 17.2 Å². The number of carbonyl (C=O) groups is 3. The summed E-state index contributed by atoms with van der Waals surface area (Å²) < 4.78 is 16.6. The number of benzene rings is 2. The first-order valence-corrected chi connectivity index (χ1v) is 11.3. The lowest BCUT2D eigenvalue weighted by Gasteiger charge is -2.27. The van der Waals surface area contributed by atoms with Crippen molar-refractivity contribution in [1.82, 2.24) is 10.2 Å².